The second kappa shape index (κ2) is 5.30. The molecule has 0 radical (unpaired) electrons. The predicted octanol–water partition coefficient (Wildman–Crippen LogP) is 4.66. The Morgan fingerprint density at radius 2 is 1.79 bits per heavy atom. The van der Waals surface area contributed by atoms with Gasteiger partial charge >= 0.3 is 0 Å². The van der Waals surface area contributed by atoms with E-state index in [0.29, 0.717) is 16.7 Å². The summed E-state index contributed by atoms with van der Waals surface area (Å²) in [7, 11) is 0. The summed E-state index contributed by atoms with van der Waals surface area (Å²) in [6.45, 7) is 0. The molecule has 0 atom stereocenters. The summed E-state index contributed by atoms with van der Waals surface area (Å²) >= 11 is 8.34. The molecule has 3 nitrogen and oxygen atoms in total. The molecule has 0 N–H and O–H groups in total. The Kier molecular flexibility index (Phi) is 3.52. The van der Waals surface area contributed by atoms with Gasteiger partial charge < -0.3 is 4.42 Å². The molecule has 1 aromatic carbocycles. The molecule has 0 unspecified atom stereocenters. The molecule has 0 saturated heterocycles. The van der Waals surface area contributed by atoms with Crippen LogP contribution in [0.4, 0.5) is 0 Å². The van der Waals surface area contributed by atoms with Crippen molar-refractivity contribution in [3.8, 4) is 22.8 Å². The first kappa shape index (κ1) is 12.6. The molecule has 2 heterocycles. The Bertz CT molecular complexity index is 699. The monoisotopic (exact) mass is 382 g/mol. The van der Waals surface area contributed by atoms with Gasteiger partial charge in [0.05, 0.1) is 15.5 Å². The lowest BCUT2D eigenvalue weighted by Gasteiger charge is -2.07. The normalized spacial score (nSPS) is 10.6. The SMILES string of the molecule is Clc1nc(-c2ccco2)nc(-c2ccccc2)c1I. The van der Waals surface area contributed by atoms with Crippen LogP contribution in [-0.4, -0.2) is 9.97 Å². The number of benzene rings is 1. The summed E-state index contributed by atoms with van der Waals surface area (Å²) < 4.78 is 6.15. The van der Waals surface area contributed by atoms with Gasteiger partial charge in [-0.3, -0.25) is 0 Å². The highest BCUT2D eigenvalue weighted by atomic mass is 127. The molecule has 5 heteroatoms. The highest BCUT2D eigenvalue weighted by molar-refractivity contribution is 14.1. The Labute approximate surface area is 128 Å². The fourth-order valence-electron chi connectivity index (χ4n) is 1.72. The van der Waals surface area contributed by atoms with Crippen LogP contribution >= 0.6 is 34.2 Å². The average molecular weight is 383 g/mol. The fourth-order valence-corrected chi connectivity index (χ4v) is 2.45. The van der Waals surface area contributed by atoms with Crippen molar-refractivity contribution < 1.29 is 4.42 Å². The lowest BCUT2D eigenvalue weighted by molar-refractivity contribution is 0.577. The standard InChI is InChI=1S/C14H8ClIN2O/c15-13-11(16)12(9-5-2-1-3-6-9)17-14(18-13)10-7-4-8-19-10/h1-8H. The minimum atomic E-state index is 0.431. The van der Waals surface area contributed by atoms with E-state index in [0.717, 1.165) is 14.8 Å². The highest BCUT2D eigenvalue weighted by Crippen LogP contribution is 2.30. The molecule has 3 rings (SSSR count). The Morgan fingerprint density at radius 1 is 1.00 bits per heavy atom. The first-order valence-electron chi connectivity index (χ1n) is 5.58. The zero-order valence-electron chi connectivity index (χ0n) is 9.68. The van der Waals surface area contributed by atoms with Crippen molar-refractivity contribution in [1.29, 1.82) is 0 Å². The Morgan fingerprint density at radius 3 is 2.47 bits per heavy atom. The number of hydrogen-bond acceptors (Lipinski definition) is 3. The predicted molar refractivity (Wildman–Crippen MR) is 82.9 cm³/mol. The molecule has 0 amide bonds. The largest absolute Gasteiger partial charge is 0.461 e. The van der Waals surface area contributed by atoms with E-state index in [4.69, 9.17) is 16.0 Å². The minimum Gasteiger partial charge on any atom is -0.461 e. The molecule has 0 aliphatic carbocycles. The van der Waals surface area contributed by atoms with Gasteiger partial charge in [-0.2, -0.15) is 0 Å². The van der Waals surface area contributed by atoms with Crippen LogP contribution in [0.5, 0.6) is 0 Å². The number of hydrogen-bond donors (Lipinski definition) is 0. The molecule has 0 bridgehead atoms. The van der Waals surface area contributed by atoms with E-state index >= 15 is 0 Å². The quantitative estimate of drug-likeness (QED) is 0.478. The number of furan rings is 1. The molecule has 94 valence electrons. The van der Waals surface area contributed by atoms with E-state index in [1.54, 1.807) is 12.3 Å². The van der Waals surface area contributed by atoms with Crippen LogP contribution in [0.25, 0.3) is 22.8 Å². The fraction of sp³-hybridized carbons (Fsp3) is 0. The number of aromatic nitrogens is 2. The van der Waals surface area contributed by atoms with E-state index in [9.17, 15) is 0 Å². The zero-order chi connectivity index (χ0) is 13.2. The van der Waals surface area contributed by atoms with E-state index in [2.05, 4.69) is 32.6 Å². The smallest absolute Gasteiger partial charge is 0.197 e. The second-order valence-corrected chi connectivity index (χ2v) is 5.28. The summed E-state index contributed by atoms with van der Waals surface area (Å²) in [5, 5.41) is 0.431. The van der Waals surface area contributed by atoms with E-state index < -0.39 is 0 Å². The average Bonchev–Trinajstić information content (AvgIpc) is 2.97. The first-order chi connectivity index (χ1) is 9.25. The van der Waals surface area contributed by atoms with Gasteiger partial charge in [-0.25, -0.2) is 9.97 Å². The van der Waals surface area contributed by atoms with Gasteiger partial charge in [0.2, 0.25) is 0 Å². The topological polar surface area (TPSA) is 38.9 Å². The minimum absolute atomic E-state index is 0.431. The van der Waals surface area contributed by atoms with Crippen molar-refractivity contribution in [3.63, 3.8) is 0 Å². The van der Waals surface area contributed by atoms with Gasteiger partial charge in [0.25, 0.3) is 0 Å². The molecular weight excluding hydrogens is 375 g/mol. The molecule has 0 aliphatic rings. The summed E-state index contributed by atoms with van der Waals surface area (Å²) in [5.41, 5.74) is 1.82. The summed E-state index contributed by atoms with van der Waals surface area (Å²) in [6.07, 6.45) is 1.59. The molecule has 2 aromatic heterocycles. The van der Waals surface area contributed by atoms with Gasteiger partial charge in [0.1, 0.15) is 5.15 Å². The molecular formula is C14H8ClIN2O. The molecule has 3 aromatic rings. The third-order valence-corrected chi connectivity index (χ3v) is 4.21. The first-order valence-corrected chi connectivity index (χ1v) is 7.03. The molecule has 0 spiro atoms. The van der Waals surface area contributed by atoms with E-state index in [1.807, 2.05) is 36.4 Å². The van der Waals surface area contributed by atoms with Crippen LogP contribution in [0, 0.1) is 3.57 Å². The Balaban J connectivity index is 2.20. The van der Waals surface area contributed by atoms with E-state index in [1.165, 1.54) is 0 Å². The molecule has 0 aliphatic heterocycles. The van der Waals surface area contributed by atoms with Crippen molar-refractivity contribution in [1.82, 2.24) is 9.97 Å². The van der Waals surface area contributed by atoms with Crippen molar-refractivity contribution in [2.75, 3.05) is 0 Å². The maximum atomic E-state index is 6.19. The summed E-state index contributed by atoms with van der Waals surface area (Å²) in [4.78, 5) is 8.80. The van der Waals surface area contributed by atoms with Crippen molar-refractivity contribution in [3.05, 3.63) is 57.5 Å². The third-order valence-electron chi connectivity index (χ3n) is 2.60. The van der Waals surface area contributed by atoms with Gasteiger partial charge in [0.15, 0.2) is 11.6 Å². The Hall–Kier alpha value is -1.40. The van der Waals surface area contributed by atoms with Gasteiger partial charge in [-0.15, -0.1) is 0 Å². The van der Waals surface area contributed by atoms with Crippen LogP contribution in [-0.2, 0) is 0 Å². The third kappa shape index (κ3) is 2.50. The van der Waals surface area contributed by atoms with Crippen LogP contribution in [0.15, 0.2) is 53.1 Å². The molecule has 0 fully saturated rings. The number of rotatable bonds is 2. The van der Waals surface area contributed by atoms with Gasteiger partial charge in [0, 0.05) is 5.56 Å². The number of nitrogens with zero attached hydrogens (tertiary/aromatic N) is 2. The molecule has 19 heavy (non-hydrogen) atoms. The van der Waals surface area contributed by atoms with Crippen LogP contribution < -0.4 is 0 Å². The van der Waals surface area contributed by atoms with Gasteiger partial charge in [-0.05, 0) is 34.7 Å². The summed E-state index contributed by atoms with van der Waals surface area (Å²) in [6, 6.07) is 13.5. The van der Waals surface area contributed by atoms with Crippen LogP contribution in [0.1, 0.15) is 0 Å². The van der Waals surface area contributed by atoms with Crippen LogP contribution in [0.2, 0.25) is 5.15 Å². The second-order valence-electron chi connectivity index (χ2n) is 3.84. The summed E-state index contributed by atoms with van der Waals surface area (Å²) in [5.74, 6) is 1.10. The maximum Gasteiger partial charge on any atom is 0.197 e. The zero-order valence-corrected chi connectivity index (χ0v) is 12.6. The van der Waals surface area contributed by atoms with E-state index in [-0.39, 0.29) is 0 Å². The van der Waals surface area contributed by atoms with Crippen molar-refractivity contribution in [2.45, 2.75) is 0 Å². The van der Waals surface area contributed by atoms with Crippen LogP contribution in [0.3, 0.4) is 0 Å². The maximum absolute atomic E-state index is 6.19. The van der Waals surface area contributed by atoms with Crippen molar-refractivity contribution >= 4 is 34.2 Å². The highest BCUT2D eigenvalue weighted by Gasteiger charge is 2.14. The van der Waals surface area contributed by atoms with Crippen molar-refractivity contribution in [2.24, 2.45) is 0 Å². The lowest BCUT2D eigenvalue weighted by Crippen LogP contribution is -1.96. The molecule has 0 saturated carbocycles. The lowest BCUT2D eigenvalue weighted by atomic mass is 10.1. The van der Waals surface area contributed by atoms with Gasteiger partial charge in [-0.1, -0.05) is 41.9 Å². The number of halogens is 2.